The average molecular weight is 345 g/mol. The molecule has 0 atom stereocenters. The Morgan fingerprint density at radius 2 is 2.00 bits per heavy atom. The average Bonchev–Trinajstić information content (AvgIpc) is 2.93. The molecule has 0 spiro atoms. The van der Waals surface area contributed by atoms with Gasteiger partial charge in [-0.1, -0.05) is 35.0 Å². The van der Waals surface area contributed by atoms with E-state index in [0.717, 1.165) is 5.56 Å². The minimum Gasteiger partial charge on any atom is -0.360 e. The Kier molecular flexibility index (Phi) is 4.36. The number of halogens is 2. The van der Waals surface area contributed by atoms with Crippen molar-refractivity contribution in [3.8, 4) is 11.3 Å². The van der Waals surface area contributed by atoms with Crippen LogP contribution >= 0.6 is 11.6 Å². The molecule has 0 aliphatic carbocycles. The molecule has 24 heavy (non-hydrogen) atoms. The molecule has 0 saturated carbocycles. The van der Waals surface area contributed by atoms with Gasteiger partial charge in [-0.05, 0) is 43.7 Å². The Balaban J connectivity index is 1.95. The first-order valence-electron chi connectivity index (χ1n) is 7.25. The molecule has 6 heteroatoms. The number of anilines is 1. The lowest BCUT2D eigenvalue weighted by Crippen LogP contribution is -2.13. The number of benzene rings is 2. The fourth-order valence-corrected chi connectivity index (χ4v) is 2.52. The number of amides is 1. The number of hydrogen-bond acceptors (Lipinski definition) is 3. The van der Waals surface area contributed by atoms with Crippen LogP contribution < -0.4 is 5.32 Å². The van der Waals surface area contributed by atoms with Crippen molar-refractivity contribution in [2.45, 2.75) is 13.8 Å². The van der Waals surface area contributed by atoms with Crippen LogP contribution in [0.15, 0.2) is 47.0 Å². The summed E-state index contributed by atoms with van der Waals surface area (Å²) in [6, 6.07) is 11.1. The van der Waals surface area contributed by atoms with Gasteiger partial charge in [-0.2, -0.15) is 0 Å². The Hall–Kier alpha value is -2.66. The smallest absolute Gasteiger partial charge is 0.261 e. The van der Waals surface area contributed by atoms with Gasteiger partial charge in [0.25, 0.3) is 5.91 Å². The van der Waals surface area contributed by atoms with E-state index >= 15 is 0 Å². The number of aromatic nitrogens is 1. The first-order valence-corrected chi connectivity index (χ1v) is 7.63. The molecule has 122 valence electrons. The predicted octanol–water partition coefficient (Wildman–Crippen LogP) is 5.00. The van der Waals surface area contributed by atoms with Gasteiger partial charge in [-0.25, -0.2) is 4.39 Å². The number of nitrogens with one attached hydrogen (secondary N) is 1. The minimum absolute atomic E-state index is 0.261. The van der Waals surface area contributed by atoms with Crippen LogP contribution in [0.5, 0.6) is 0 Å². The summed E-state index contributed by atoms with van der Waals surface area (Å²) in [7, 11) is 0. The van der Waals surface area contributed by atoms with E-state index in [2.05, 4.69) is 10.5 Å². The molecule has 4 nitrogen and oxygen atoms in total. The molecule has 0 unspecified atom stereocenters. The fraction of sp³-hybridized carbons (Fsp3) is 0.111. The fourth-order valence-electron chi connectivity index (χ4n) is 2.34. The Morgan fingerprint density at radius 1 is 1.21 bits per heavy atom. The first-order chi connectivity index (χ1) is 11.5. The second-order valence-electron chi connectivity index (χ2n) is 5.39. The number of hydrogen-bond donors (Lipinski definition) is 1. The molecule has 1 heterocycles. The van der Waals surface area contributed by atoms with Crippen LogP contribution in [0.1, 0.15) is 21.7 Å². The van der Waals surface area contributed by atoms with Gasteiger partial charge in [0.15, 0.2) is 0 Å². The van der Waals surface area contributed by atoms with Crippen molar-refractivity contribution in [1.82, 2.24) is 5.16 Å². The van der Waals surface area contributed by atoms with Crippen molar-refractivity contribution in [3.05, 3.63) is 70.2 Å². The van der Waals surface area contributed by atoms with E-state index in [-0.39, 0.29) is 5.56 Å². The molecular formula is C18H14ClFN2O2. The Bertz CT molecular complexity index is 921. The van der Waals surface area contributed by atoms with Gasteiger partial charge < -0.3 is 9.84 Å². The Morgan fingerprint density at radius 3 is 2.71 bits per heavy atom. The van der Waals surface area contributed by atoms with E-state index in [1.807, 2.05) is 13.0 Å². The zero-order valence-corrected chi connectivity index (χ0v) is 13.8. The summed E-state index contributed by atoms with van der Waals surface area (Å²) in [6.07, 6.45) is 0. The molecule has 1 N–H and O–H groups in total. The van der Waals surface area contributed by atoms with Crippen LogP contribution in [0.2, 0.25) is 5.02 Å². The largest absolute Gasteiger partial charge is 0.360 e. The molecule has 3 aromatic rings. The number of carbonyl (C=O) groups excluding carboxylic acids is 1. The molecular weight excluding hydrogens is 331 g/mol. The first kappa shape index (κ1) is 16.2. The van der Waals surface area contributed by atoms with E-state index in [4.69, 9.17) is 16.1 Å². The maximum atomic E-state index is 13.4. The van der Waals surface area contributed by atoms with Crippen molar-refractivity contribution in [1.29, 1.82) is 0 Å². The van der Waals surface area contributed by atoms with Crippen LogP contribution in [0.3, 0.4) is 0 Å². The second kappa shape index (κ2) is 6.45. The molecule has 0 bridgehead atoms. The maximum Gasteiger partial charge on any atom is 0.261 e. The van der Waals surface area contributed by atoms with Crippen LogP contribution in [0.4, 0.5) is 10.1 Å². The molecule has 1 aromatic heterocycles. The highest BCUT2D eigenvalue weighted by Gasteiger charge is 2.22. The van der Waals surface area contributed by atoms with Gasteiger partial charge in [0.05, 0.1) is 0 Å². The SMILES string of the molecule is Cc1ccc(NC(=O)c2c(-c3cccc(F)c3)noc2C)cc1Cl. The number of carbonyl (C=O) groups is 1. The monoisotopic (exact) mass is 344 g/mol. The standard InChI is InChI=1S/C18H14ClFN2O2/c1-10-6-7-14(9-15(10)19)21-18(23)16-11(2)24-22-17(16)12-4-3-5-13(20)8-12/h3-9H,1-2H3,(H,21,23). The highest BCUT2D eigenvalue weighted by Crippen LogP contribution is 2.27. The summed E-state index contributed by atoms with van der Waals surface area (Å²) in [5, 5.41) is 7.21. The van der Waals surface area contributed by atoms with Crippen molar-refractivity contribution in [3.63, 3.8) is 0 Å². The summed E-state index contributed by atoms with van der Waals surface area (Å²) in [5.74, 6) is -0.456. The van der Waals surface area contributed by atoms with Gasteiger partial charge >= 0.3 is 0 Å². The summed E-state index contributed by atoms with van der Waals surface area (Å²) >= 11 is 6.07. The van der Waals surface area contributed by atoms with Gasteiger partial charge in [0, 0.05) is 16.3 Å². The molecule has 2 aromatic carbocycles. The summed E-state index contributed by atoms with van der Waals surface area (Å²) in [6.45, 7) is 3.51. The topological polar surface area (TPSA) is 55.1 Å². The van der Waals surface area contributed by atoms with Crippen LogP contribution in [0, 0.1) is 19.7 Å². The molecule has 0 saturated heterocycles. The van der Waals surface area contributed by atoms with Crippen molar-refractivity contribution in [2.24, 2.45) is 0 Å². The van der Waals surface area contributed by atoms with E-state index in [9.17, 15) is 9.18 Å². The van der Waals surface area contributed by atoms with Crippen molar-refractivity contribution in [2.75, 3.05) is 5.32 Å². The van der Waals surface area contributed by atoms with Gasteiger partial charge in [-0.15, -0.1) is 0 Å². The predicted molar refractivity (Wildman–Crippen MR) is 90.8 cm³/mol. The van der Waals surface area contributed by atoms with E-state index in [1.165, 1.54) is 12.1 Å². The Labute approximate surface area is 143 Å². The van der Waals surface area contributed by atoms with Crippen molar-refractivity contribution < 1.29 is 13.7 Å². The number of aryl methyl sites for hydroxylation is 2. The third-order valence-corrected chi connectivity index (χ3v) is 4.02. The minimum atomic E-state index is -0.412. The summed E-state index contributed by atoms with van der Waals surface area (Å²) in [5.41, 5.74) is 2.50. The third kappa shape index (κ3) is 3.16. The molecule has 0 aliphatic rings. The van der Waals surface area contributed by atoms with Gasteiger partial charge in [-0.3, -0.25) is 4.79 Å². The third-order valence-electron chi connectivity index (χ3n) is 3.62. The highest BCUT2D eigenvalue weighted by atomic mass is 35.5. The summed E-state index contributed by atoms with van der Waals surface area (Å²) < 4.78 is 18.6. The van der Waals surface area contributed by atoms with Crippen molar-refractivity contribution >= 4 is 23.2 Å². The lowest BCUT2D eigenvalue weighted by atomic mass is 10.1. The van der Waals surface area contributed by atoms with E-state index in [1.54, 1.807) is 31.2 Å². The quantitative estimate of drug-likeness (QED) is 0.727. The van der Waals surface area contributed by atoms with Gasteiger partial charge in [0.2, 0.25) is 0 Å². The van der Waals surface area contributed by atoms with E-state index < -0.39 is 11.7 Å². The van der Waals surface area contributed by atoms with Crippen LogP contribution in [-0.2, 0) is 0 Å². The summed E-state index contributed by atoms with van der Waals surface area (Å²) in [4.78, 5) is 12.6. The second-order valence-corrected chi connectivity index (χ2v) is 5.80. The van der Waals surface area contributed by atoms with E-state index in [0.29, 0.717) is 27.7 Å². The van der Waals surface area contributed by atoms with Crippen LogP contribution in [0.25, 0.3) is 11.3 Å². The molecule has 0 radical (unpaired) electrons. The molecule has 0 fully saturated rings. The normalized spacial score (nSPS) is 10.7. The molecule has 3 rings (SSSR count). The maximum absolute atomic E-state index is 13.4. The number of nitrogens with zero attached hydrogens (tertiary/aromatic N) is 1. The van der Waals surface area contributed by atoms with Crippen LogP contribution in [-0.4, -0.2) is 11.1 Å². The molecule has 0 aliphatic heterocycles. The van der Waals surface area contributed by atoms with Gasteiger partial charge in [0.1, 0.15) is 22.8 Å². The lowest BCUT2D eigenvalue weighted by Gasteiger charge is -2.07. The zero-order chi connectivity index (χ0) is 17.3. The lowest BCUT2D eigenvalue weighted by molar-refractivity contribution is 0.102. The number of rotatable bonds is 3. The molecule has 1 amide bonds. The zero-order valence-electron chi connectivity index (χ0n) is 13.1. The highest BCUT2D eigenvalue weighted by molar-refractivity contribution is 6.31.